The van der Waals surface area contributed by atoms with Gasteiger partial charge in [-0.25, -0.2) is 0 Å². The van der Waals surface area contributed by atoms with Crippen LogP contribution < -0.4 is 9.47 Å². The van der Waals surface area contributed by atoms with E-state index in [2.05, 4.69) is 4.90 Å². The molecule has 1 unspecified atom stereocenters. The first-order chi connectivity index (χ1) is 12.8. The zero-order chi connectivity index (χ0) is 19.4. The maximum Gasteiger partial charge on any atom is 0.416 e. The number of carbonyl (C=O) groups is 1. The number of halogens is 3. The van der Waals surface area contributed by atoms with Crippen molar-refractivity contribution in [2.24, 2.45) is 0 Å². The number of esters is 1. The van der Waals surface area contributed by atoms with E-state index in [1.807, 2.05) is 7.05 Å². The number of carbonyl (C=O) groups excluding carboxylic acids is 1. The van der Waals surface area contributed by atoms with Crippen LogP contribution in [0.15, 0.2) is 48.5 Å². The summed E-state index contributed by atoms with van der Waals surface area (Å²) < 4.78 is 49.6. The fourth-order valence-corrected chi connectivity index (χ4v) is 2.99. The van der Waals surface area contributed by atoms with E-state index in [1.165, 1.54) is 12.1 Å². The quantitative estimate of drug-likeness (QED) is 0.436. The summed E-state index contributed by atoms with van der Waals surface area (Å²) in [6.45, 7) is 1.72. The Bertz CT molecular complexity index is 813. The Hall–Kier alpha value is -1.54. The fraction of sp³-hybridized carbons (Fsp3) is 0.350. The van der Waals surface area contributed by atoms with Gasteiger partial charge in [-0.15, -0.1) is 0 Å². The molecule has 3 rings (SSSR count). The summed E-state index contributed by atoms with van der Waals surface area (Å²) in [6.07, 6.45) is -3.82. The number of rotatable bonds is 5. The molecule has 0 amide bonds. The Morgan fingerprint density at radius 2 is 1.86 bits per heavy atom. The van der Waals surface area contributed by atoms with Crippen LogP contribution in [-0.2, 0) is 17.4 Å². The predicted octanol–water partition coefficient (Wildman–Crippen LogP) is 3.56. The van der Waals surface area contributed by atoms with Gasteiger partial charge in [0.2, 0.25) is 0 Å². The van der Waals surface area contributed by atoms with Crippen molar-refractivity contribution in [3.8, 4) is 11.5 Å². The maximum absolute atomic E-state index is 12.8. The van der Waals surface area contributed by atoms with Crippen LogP contribution in [-0.4, -0.2) is 66.7 Å². The van der Waals surface area contributed by atoms with Crippen LogP contribution in [0, 0.1) is 0 Å². The molecule has 0 aromatic heterocycles. The van der Waals surface area contributed by atoms with E-state index in [9.17, 15) is 18.0 Å². The van der Waals surface area contributed by atoms with Crippen LogP contribution in [0.2, 0.25) is 0 Å². The Labute approximate surface area is 183 Å². The first-order valence-electron chi connectivity index (χ1n) is 8.62. The Balaban J connectivity index is 0.00000280. The zero-order valence-corrected chi connectivity index (χ0v) is 17.8. The topological polar surface area (TPSA) is 38.8 Å². The number of benzene rings is 2. The van der Waals surface area contributed by atoms with E-state index in [-0.39, 0.29) is 53.4 Å². The summed E-state index contributed by atoms with van der Waals surface area (Å²) in [4.78, 5) is 14.4. The second kappa shape index (κ2) is 9.78. The molecule has 1 fully saturated rings. The van der Waals surface area contributed by atoms with Gasteiger partial charge in [-0.2, -0.15) is 13.2 Å². The van der Waals surface area contributed by atoms with Crippen LogP contribution in [0.4, 0.5) is 13.2 Å². The first kappa shape index (κ1) is 22.7. The van der Waals surface area contributed by atoms with Crippen LogP contribution in [0.1, 0.15) is 17.5 Å². The first-order valence-corrected chi connectivity index (χ1v) is 8.62. The average Bonchev–Trinajstić information content (AvgIpc) is 3.01. The van der Waals surface area contributed by atoms with E-state index < -0.39 is 17.7 Å². The third-order valence-corrected chi connectivity index (χ3v) is 4.32. The van der Waals surface area contributed by atoms with Crippen molar-refractivity contribution in [1.82, 2.24) is 4.90 Å². The molecule has 2 aromatic rings. The molecule has 0 spiro atoms. The number of likely N-dealkylation sites (tertiary alicyclic amines) is 1. The molecule has 145 valence electrons. The van der Waals surface area contributed by atoms with Gasteiger partial charge in [-0.05, 0) is 37.2 Å². The van der Waals surface area contributed by atoms with Crippen molar-refractivity contribution in [3.63, 3.8) is 0 Å². The molecule has 0 bridgehead atoms. The molecular weight excluding hydrogens is 382 g/mol. The molecule has 0 saturated carbocycles. The molecule has 1 atom stereocenters. The van der Waals surface area contributed by atoms with Gasteiger partial charge in [0.1, 0.15) is 6.10 Å². The minimum absolute atomic E-state index is 0. The molecule has 1 aliphatic rings. The molecule has 0 aliphatic carbocycles. The standard InChI is InChI=1S/C20H20F3NO3.Na/c1-24-10-9-16(13-24)26-17-7-2-3-8-18(17)27-19(25)12-14-5-4-6-15(11-14)20(21,22)23;/h2-8,11,16H,9-10,12-13H2,1H3;. The van der Waals surface area contributed by atoms with Crippen LogP contribution >= 0.6 is 0 Å². The summed E-state index contributed by atoms with van der Waals surface area (Å²) in [7, 11) is 2.00. The molecule has 1 radical (unpaired) electrons. The largest absolute Gasteiger partial charge is 0.485 e. The number of para-hydroxylation sites is 2. The summed E-state index contributed by atoms with van der Waals surface area (Å²) >= 11 is 0. The van der Waals surface area contributed by atoms with Crippen molar-refractivity contribution in [2.75, 3.05) is 20.1 Å². The van der Waals surface area contributed by atoms with Gasteiger partial charge < -0.3 is 14.4 Å². The zero-order valence-electron chi connectivity index (χ0n) is 15.8. The number of hydrogen-bond donors (Lipinski definition) is 0. The van der Waals surface area contributed by atoms with Crippen LogP contribution in [0.5, 0.6) is 11.5 Å². The molecule has 2 aromatic carbocycles. The van der Waals surface area contributed by atoms with Crippen molar-refractivity contribution < 1.29 is 27.4 Å². The minimum atomic E-state index is -4.45. The number of likely N-dealkylation sites (N-methyl/N-ethyl adjacent to an activating group) is 1. The summed E-state index contributed by atoms with van der Waals surface area (Å²) in [6, 6.07) is 11.5. The van der Waals surface area contributed by atoms with Crippen LogP contribution in [0.3, 0.4) is 0 Å². The normalized spacial score (nSPS) is 17.1. The SMILES string of the molecule is CN1CCC(Oc2ccccc2OC(=O)Cc2cccc(C(F)(F)F)c2)C1.[Na]. The molecule has 1 saturated heterocycles. The number of ether oxygens (including phenoxy) is 2. The van der Waals surface area contributed by atoms with Gasteiger partial charge in [-0.1, -0.05) is 30.3 Å². The number of nitrogens with zero attached hydrogens (tertiary/aromatic N) is 1. The summed E-state index contributed by atoms with van der Waals surface area (Å²) in [5.74, 6) is 0.0770. The average molecular weight is 402 g/mol. The second-order valence-electron chi connectivity index (χ2n) is 6.59. The minimum Gasteiger partial charge on any atom is -0.485 e. The number of alkyl halides is 3. The maximum atomic E-state index is 12.8. The van der Waals surface area contributed by atoms with Crippen LogP contribution in [0.25, 0.3) is 0 Å². The molecular formula is C20H20F3NNaO3. The predicted molar refractivity (Wildman–Crippen MR) is 99.5 cm³/mol. The van der Waals surface area contributed by atoms with Gasteiger partial charge >= 0.3 is 12.1 Å². The Kier molecular flexibility index (Phi) is 7.95. The van der Waals surface area contributed by atoms with E-state index >= 15 is 0 Å². The fourth-order valence-electron chi connectivity index (χ4n) is 2.99. The van der Waals surface area contributed by atoms with Crippen molar-refractivity contribution in [2.45, 2.75) is 25.1 Å². The molecule has 0 N–H and O–H groups in total. The summed E-state index contributed by atoms with van der Waals surface area (Å²) in [5.41, 5.74) is -0.549. The van der Waals surface area contributed by atoms with E-state index in [4.69, 9.17) is 9.47 Å². The van der Waals surface area contributed by atoms with E-state index in [0.29, 0.717) is 5.75 Å². The Morgan fingerprint density at radius 3 is 2.50 bits per heavy atom. The van der Waals surface area contributed by atoms with Crippen molar-refractivity contribution >= 4 is 35.5 Å². The van der Waals surface area contributed by atoms with Gasteiger partial charge in [0.05, 0.1) is 12.0 Å². The molecule has 1 heterocycles. The second-order valence-corrected chi connectivity index (χ2v) is 6.59. The van der Waals surface area contributed by atoms with E-state index in [0.717, 1.165) is 31.6 Å². The van der Waals surface area contributed by atoms with Crippen molar-refractivity contribution in [1.29, 1.82) is 0 Å². The van der Waals surface area contributed by atoms with E-state index in [1.54, 1.807) is 24.3 Å². The smallest absolute Gasteiger partial charge is 0.416 e. The molecule has 1 aliphatic heterocycles. The van der Waals surface area contributed by atoms with Gasteiger partial charge in [0.15, 0.2) is 11.5 Å². The van der Waals surface area contributed by atoms with Gasteiger partial charge in [-0.3, -0.25) is 4.79 Å². The van der Waals surface area contributed by atoms with Gasteiger partial charge in [0.25, 0.3) is 0 Å². The third-order valence-electron chi connectivity index (χ3n) is 4.32. The third kappa shape index (κ3) is 6.24. The summed E-state index contributed by atoms with van der Waals surface area (Å²) in [5, 5.41) is 0. The monoisotopic (exact) mass is 402 g/mol. The molecule has 4 nitrogen and oxygen atoms in total. The number of hydrogen-bond acceptors (Lipinski definition) is 4. The van der Waals surface area contributed by atoms with Gasteiger partial charge in [0, 0.05) is 42.6 Å². The Morgan fingerprint density at radius 1 is 1.14 bits per heavy atom. The molecule has 28 heavy (non-hydrogen) atoms. The molecule has 8 heteroatoms. The van der Waals surface area contributed by atoms with Crippen molar-refractivity contribution in [3.05, 3.63) is 59.7 Å².